The highest BCUT2D eigenvalue weighted by atomic mass is 32.2. The number of nitriles is 1. The van der Waals surface area contributed by atoms with Crippen molar-refractivity contribution in [2.45, 2.75) is 4.90 Å². The number of nitrogens with zero attached hydrogens (tertiary/aromatic N) is 2. The lowest BCUT2D eigenvalue weighted by molar-refractivity contribution is 0.102. The molecule has 3 aromatic carbocycles. The zero-order chi connectivity index (χ0) is 22.7. The van der Waals surface area contributed by atoms with Gasteiger partial charge >= 0.3 is 0 Å². The van der Waals surface area contributed by atoms with E-state index in [1.54, 1.807) is 72.8 Å². The largest absolute Gasteiger partial charge is 0.363 e. The first kappa shape index (κ1) is 21.0. The van der Waals surface area contributed by atoms with Gasteiger partial charge in [0.1, 0.15) is 17.5 Å². The van der Waals surface area contributed by atoms with Crippen LogP contribution in [-0.4, -0.2) is 25.7 Å². The molecule has 32 heavy (non-hydrogen) atoms. The first-order chi connectivity index (χ1) is 15.4. The Morgan fingerprint density at radius 1 is 1.00 bits per heavy atom. The molecule has 0 radical (unpaired) electrons. The van der Waals surface area contributed by atoms with Gasteiger partial charge < -0.3 is 9.84 Å². The zero-order valence-corrected chi connectivity index (χ0v) is 17.8. The molecule has 0 bridgehead atoms. The number of sulfone groups is 1. The van der Waals surface area contributed by atoms with Gasteiger partial charge in [0, 0.05) is 23.1 Å². The van der Waals surface area contributed by atoms with Crippen LogP contribution in [-0.2, 0) is 9.84 Å². The third-order valence-electron chi connectivity index (χ3n) is 4.82. The maximum absolute atomic E-state index is 12.8. The van der Waals surface area contributed by atoms with E-state index in [1.165, 1.54) is 12.5 Å². The first-order valence-corrected chi connectivity index (χ1v) is 11.4. The van der Waals surface area contributed by atoms with Crippen molar-refractivity contribution in [3.8, 4) is 28.5 Å². The highest BCUT2D eigenvalue weighted by Gasteiger charge is 2.18. The highest BCUT2D eigenvalue weighted by molar-refractivity contribution is 7.90. The van der Waals surface area contributed by atoms with Crippen molar-refractivity contribution in [2.24, 2.45) is 0 Å². The minimum absolute atomic E-state index is 0.228. The number of rotatable bonds is 5. The molecule has 0 aliphatic rings. The van der Waals surface area contributed by atoms with E-state index < -0.39 is 15.7 Å². The Morgan fingerprint density at radius 2 is 1.75 bits per heavy atom. The van der Waals surface area contributed by atoms with Crippen molar-refractivity contribution < 1.29 is 17.7 Å². The summed E-state index contributed by atoms with van der Waals surface area (Å²) < 4.78 is 29.1. The summed E-state index contributed by atoms with van der Waals surface area (Å²) in [5.41, 5.74) is 3.42. The second kappa shape index (κ2) is 8.49. The molecule has 4 aromatic rings. The standard InChI is InChI=1S/C24H17N3O4S/c1-32(29,30)22-8-3-2-7-20(22)17-9-11-19(12-10-17)26-24(28)21-15-31-27-23(21)18-6-4-5-16(13-18)14-25/h2-13,15H,1H3,(H,26,28). The predicted octanol–water partition coefficient (Wildman–Crippen LogP) is 4.54. The van der Waals surface area contributed by atoms with Crippen LogP contribution in [0.15, 0.2) is 88.5 Å². The lowest BCUT2D eigenvalue weighted by Crippen LogP contribution is -2.12. The number of carbonyl (C=O) groups excluding carboxylic acids is 1. The monoisotopic (exact) mass is 443 g/mol. The summed E-state index contributed by atoms with van der Waals surface area (Å²) in [4.78, 5) is 13.1. The Bertz CT molecular complexity index is 1450. The summed E-state index contributed by atoms with van der Waals surface area (Å²) >= 11 is 0. The summed E-state index contributed by atoms with van der Waals surface area (Å²) in [6.45, 7) is 0. The molecule has 1 amide bonds. The molecule has 0 fully saturated rings. The molecule has 158 valence electrons. The van der Waals surface area contributed by atoms with Gasteiger partial charge in [0.05, 0.1) is 16.5 Å². The fraction of sp³-hybridized carbons (Fsp3) is 0.0417. The van der Waals surface area contributed by atoms with Crippen LogP contribution in [0.25, 0.3) is 22.4 Å². The summed E-state index contributed by atoms with van der Waals surface area (Å²) in [6, 6.07) is 22.4. The van der Waals surface area contributed by atoms with Gasteiger partial charge in [0.2, 0.25) is 0 Å². The van der Waals surface area contributed by atoms with Crippen LogP contribution in [0.1, 0.15) is 15.9 Å². The molecule has 7 nitrogen and oxygen atoms in total. The average Bonchev–Trinajstić information content (AvgIpc) is 3.29. The first-order valence-electron chi connectivity index (χ1n) is 9.52. The normalized spacial score (nSPS) is 11.0. The number of aromatic nitrogens is 1. The molecule has 0 saturated heterocycles. The van der Waals surface area contributed by atoms with Crippen LogP contribution in [0, 0.1) is 11.3 Å². The highest BCUT2D eigenvalue weighted by Crippen LogP contribution is 2.29. The third-order valence-corrected chi connectivity index (χ3v) is 5.97. The molecule has 0 saturated carbocycles. The topological polar surface area (TPSA) is 113 Å². The Labute approximate surface area is 184 Å². The van der Waals surface area contributed by atoms with Crippen molar-refractivity contribution in [1.29, 1.82) is 5.26 Å². The Balaban J connectivity index is 1.58. The molecule has 1 N–H and O–H groups in total. The summed E-state index contributed by atoms with van der Waals surface area (Å²) in [6.07, 6.45) is 2.42. The molecule has 0 aliphatic heterocycles. The van der Waals surface area contributed by atoms with Crippen LogP contribution in [0.2, 0.25) is 0 Å². The minimum atomic E-state index is -3.38. The van der Waals surface area contributed by atoms with E-state index >= 15 is 0 Å². The SMILES string of the molecule is CS(=O)(=O)c1ccccc1-c1ccc(NC(=O)c2conc2-c2cccc(C#N)c2)cc1. The van der Waals surface area contributed by atoms with Crippen LogP contribution in [0.5, 0.6) is 0 Å². The van der Waals surface area contributed by atoms with E-state index in [1.807, 2.05) is 0 Å². The number of carbonyl (C=O) groups is 1. The molecule has 0 unspecified atom stereocenters. The number of benzene rings is 3. The molecule has 1 aromatic heterocycles. The van der Waals surface area contributed by atoms with Gasteiger partial charge in [0.15, 0.2) is 9.84 Å². The van der Waals surface area contributed by atoms with E-state index in [0.717, 1.165) is 0 Å². The van der Waals surface area contributed by atoms with Crippen molar-refractivity contribution in [1.82, 2.24) is 5.16 Å². The molecule has 0 atom stereocenters. The Kier molecular flexibility index (Phi) is 5.58. The van der Waals surface area contributed by atoms with Crippen molar-refractivity contribution in [3.05, 3.63) is 90.2 Å². The van der Waals surface area contributed by atoms with Gasteiger partial charge in [-0.1, -0.05) is 47.6 Å². The summed E-state index contributed by atoms with van der Waals surface area (Å²) in [5, 5.41) is 15.8. The smallest absolute Gasteiger partial charge is 0.261 e. The number of anilines is 1. The molecule has 0 aliphatic carbocycles. The molecule has 4 rings (SSSR count). The predicted molar refractivity (Wildman–Crippen MR) is 120 cm³/mol. The molecular formula is C24H17N3O4S. The Morgan fingerprint density at radius 3 is 2.47 bits per heavy atom. The van der Waals surface area contributed by atoms with Crippen LogP contribution < -0.4 is 5.32 Å². The van der Waals surface area contributed by atoms with Crippen LogP contribution in [0.4, 0.5) is 5.69 Å². The van der Waals surface area contributed by atoms with Gasteiger partial charge in [-0.2, -0.15) is 5.26 Å². The van der Waals surface area contributed by atoms with Crippen molar-refractivity contribution >= 4 is 21.4 Å². The van der Waals surface area contributed by atoms with E-state index in [0.29, 0.717) is 33.6 Å². The lowest BCUT2D eigenvalue weighted by atomic mass is 10.0. The van der Waals surface area contributed by atoms with Gasteiger partial charge in [0.25, 0.3) is 5.91 Å². The van der Waals surface area contributed by atoms with Gasteiger partial charge in [-0.25, -0.2) is 8.42 Å². The zero-order valence-electron chi connectivity index (χ0n) is 16.9. The van der Waals surface area contributed by atoms with E-state index in [4.69, 9.17) is 9.78 Å². The lowest BCUT2D eigenvalue weighted by Gasteiger charge is -2.10. The maximum Gasteiger partial charge on any atom is 0.261 e. The van der Waals surface area contributed by atoms with Crippen molar-refractivity contribution in [3.63, 3.8) is 0 Å². The quantitative estimate of drug-likeness (QED) is 0.485. The van der Waals surface area contributed by atoms with E-state index in [-0.39, 0.29) is 10.5 Å². The maximum atomic E-state index is 12.8. The average molecular weight is 443 g/mol. The van der Waals surface area contributed by atoms with Crippen LogP contribution >= 0.6 is 0 Å². The summed E-state index contributed by atoms with van der Waals surface area (Å²) in [7, 11) is -3.38. The fourth-order valence-corrected chi connectivity index (χ4v) is 4.21. The van der Waals surface area contributed by atoms with Gasteiger partial charge in [-0.05, 0) is 35.9 Å². The van der Waals surface area contributed by atoms with Crippen LogP contribution in [0.3, 0.4) is 0 Å². The number of hydrogen-bond acceptors (Lipinski definition) is 6. The number of nitrogens with one attached hydrogen (secondary N) is 1. The molecular weight excluding hydrogens is 426 g/mol. The van der Waals surface area contributed by atoms with Gasteiger partial charge in [-0.3, -0.25) is 4.79 Å². The minimum Gasteiger partial charge on any atom is -0.363 e. The molecule has 0 spiro atoms. The third kappa shape index (κ3) is 4.29. The number of hydrogen-bond donors (Lipinski definition) is 1. The van der Waals surface area contributed by atoms with Crippen molar-refractivity contribution in [2.75, 3.05) is 11.6 Å². The molecule has 8 heteroatoms. The van der Waals surface area contributed by atoms with E-state index in [9.17, 15) is 13.2 Å². The molecule has 1 heterocycles. The van der Waals surface area contributed by atoms with Gasteiger partial charge in [-0.15, -0.1) is 0 Å². The number of amides is 1. The fourth-order valence-electron chi connectivity index (χ4n) is 3.30. The second-order valence-electron chi connectivity index (χ2n) is 7.07. The summed E-state index contributed by atoms with van der Waals surface area (Å²) in [5.74, 6) is -0.423. The second-order valence-corrected chi connectivity index (χ2v) is 9.05. The van der Waals surface area contributed by atoms with E-state index in [2.05, 4.69) is 16.5 Å². The Hall–Kier alpha value is -4.22.